The number of hydrogen-bond donors (Lipinski definition) is 0. The highest BCUT2D eigenvalue weighted by Crippen LogP contribution is 2.13. The van der Waals surface area contributed by atoms with Gasteiger partial charge in [-0.3, -0.25) is 4.68 Å². The van der Waals surface area contributed by atoms with E-state index in [4.69, 9.17) is 4.74 Å². The first-order valence-electron chi connectivity index (χ1n) is 5.21. The van der Waals surface area contributed by atoms with Gasteiger partial charge in [-0.2, -0.15) is 10.2 Å². The summed E-state index contributed by atoms with van der Waals surface area (Å²) in [6, 6.07) is 0. The fraction of sp³-hybridized carbons (Fsp3) is 0.400. The Hall–Kier alpha value is -2.18. The van der Waals surface area contributed by atoms with Gasteiger partial charge in [0.25, 0.3) is 0 Å². The van der Waals surface area contributed by atoms with Crippen LogP contribution in [0.5, 0.6) is 0 Å². The van der Waals surface area contributed by atoms with Crippen LogP contribution in [0.3, 0.4) is 0 Å². The molecule has 0 aliphatic rings. The molecule has 7 nitrogen and oxygen atoms in total. The summed E-state index contributed by atoms with van der Waals surface area (Å²) in [5.41, 5.74) is 0.374. The SMILES string of the molecule is CCOC(=O)c1cnn(C)c1-n1cnc(C)n1. The van der Waals surface area contributed by atoms with Gasteiger partial charge in [0, 0.05) is 7.05 Å². The molecular weight excluding hydrogens is 222 g/mol. The number of esters is 1. The van der Waals surface area contributed by atoms with Gasteiger partial charge in [0.15, 0.2) is 5.82 Å². The zero-order valence-electron chi connectivity index (χ0n) is 9.91. The van der Waals surface area contributed by atoms with E-state index >= 15 is 0 Å². The van der Waals surface area contributed by atoms with Crippen molar-refractivity contribution in [2.24, 2.45) is 7.05 Å². The summed E-state index contributed by atoms with van der Waals surface area (Å²) in [6.45, 7) is 3.86. The maximum Gasteiger partial charge on any atom is 0.343 e. The topological polar surface area (TPSA) is 74.8 Å². The lowest BCUT2D eigenvalue weighted by atomic mass is 10.3. The van der Waals surface area contributed by atoms with Crippen molar-refractivity contribution < 1.29 is 9.53 Å². The monoisotopic (exact) mass is 235 g/mol. The molecule has 0 aliphatic heterocycles. The number of ether oxygens (including phenoxy) is 1. The Morgan fingerprint density at radius 2 is 2.29 bits per heavy atom. The number of aromatic nitrogens is 5. The van der Waals surface area contributed by atoms with Gasteiger partial charge in [-0.05, 0) is 13.8 Å². The van der Waals surface area contributed by atoms with Gasteiger partial charge < -0.3 is 4.74 Å². The van der Waals surface area contributed by atoms with Crippen molar-refractivity contribution in [2.45, 2.75) is 13.8 Å². The smallest absolute Gasteiger partial charge is 0.343 e. The lowest BCUT2D eigenvalue weighted by Crippen LogP contribution is -2.11. The average molecular weight is 235 g/mol. The van der Waals surface area contributed by atoms with Crippen LogP contribution in [0.25, 0.3) is 5.82 Å². The minimum atomic E-state index is -0.413. The number of aryl methyl sites for hydroxylation is 2. The van der Waals surface area contributed by atoms with Crippen LogP contribution >= 0.6 is 0 Å². The van der Waals surface area contributed by atoms with Gasteiger partial charge in [-0.25, -0.2) is 14.5 Å². The molecule has 0 amide bonds. The normalized spacial score (nSPS) is 10.5. The lowest BCUT2D eigenvalue weighted by Gasteiger charge is -2.04. The summed E-state index contributed by atoms with van der Waals surface area (Å²) < 4.78 is 8.02. The van der Waals surface area contributed by atoms with Crippen molar-refractivity contribution >= 4 is 5.97 Å². The van der Waals surface area contributed by atoms with Crippen LogP contribution in [-0.4, -0.2) is 37.1 Å². The fourth-order valence-corrected chi connectivity index (χ4v) is 1.50. The van der Waals surface area contributed by atoms with E-state index in [-0.39, 0.29) is 0 Å². The first kappa shape index (κ1) is 11.3. The van der Waals surface area contributed by atoms with Gasteiger partial charge in [0.2, 0.25) is 0 Å². The second-order valence-corrected chi connectivity index (χ2v) is 3.46. The van der Waals surface area contributed by atoms with Crippen molar-refractivity contribution in [3.05, 3.63) is 23.9 Å². The van der Waals surface area contributed by atoms with Crippen molar-refractivity contribution in [3.63, 3.8) is 0 Å². The zero-order valence-corrected chi connectivity index (χ0v) is 9.91. The van der Waals surface area contributed by atoms with Gasteiger partial charge >= 0.3 is 5.97 Å². The summed E-state index contributed by atoms with van der Waals surface area (Å²) >= 11 is 0. The molecule has 90 valence electrons. The molecule has 17 heavy (non-hydrogen) atoms. The number of carbonyl (C=O) groups excluding carboxylic acids is 1. The molecule has 0 saturated heterocycles. The van der Waals surface area contributed by atoms with Crippen molar-refractivity contribution in [3.8, 4) is 5.82 Å². The molecule has 7 heteroatoms. The molecule has 2 rings (SSSR count). The largest absolute Gasteiger partial charge is 0.462 e. The predicted molar refractivity (Wildman–Crippen MR) is 58.8 cm³/mol. The molecule has 0 fully saturated rings. The summed E-state index contributed by atoms with van der Waals surface area (Å²) in [4.78, 5) is 15.7. The van der Waals surface area contributed by atoms with Crippen LogP contribution in [-0.2, 0) is 11.8 Å². The summed E-state index contributed by atoms with van der Waals surface area (Å²) in [5.74, 6) is 0.758. The van der Waals surface area contributed by atoms with Crippen molar-refractivity contribution in [1.82, 2.24) is 24.5 Å². The standard InChI is InChI=1S/C10H13N5O2/c1-4-17-10(16)8-5-12-14(3)9(8)15-6-11-7(2)13-15/h5-6H,4H2,1-3H3. The quantitative estimate of drug-likeness (QED) is 0.723. The van der Waals surface area contributed by atoms with Gasteiger partial charge in [-0.15, -0.1) is 0 Å². The van der Waals surface area contributed by atoms with Crippen LogP contribution in [0.1, 0.15) is 23.1 Å². The summed E-state index contributed by atoms with van der Waals surface area (Å²) in [6.07, 6.45) is 3.00. The molecule has 2 aromatic rings. The Balaban J connectivity index is 2.46. The maximum absolute atomic E-state index is 11.7. The Morgan fingerprint density at radius 1 is 1.53 bits per heavy atom. The average Bonchev–Trinajstić information content (AvgIpc) is 2.85. The Labute approximate surface area is 98.0 Å². The molecule has 0 spiro atoms. The van der Waals surface area contributed by atoms with Gasteiger partial charge in [0.05, 0.1) is 12.8 Å². The first-order valence-corrected chi connectivity index (χ1v) is 5.21. The first-order chi connectivity index (χ1) is 8.13. The van der Waals surface area contributed by atoms with E-state index in [0.29, 0.717) is 23.8 Å². The van der Waals surface area contributed by atoms with Crippen LogP contribution in [0.2, 0.25) is 0 Å². The Bertz CT molecular complexity index is 543. The molecule has 0 unspecified atom stereocenters. The van der Waals surface area contributed by atoms with Gasteiger partial charge in [0.1, 0.15) is 17.7 Å². The predicted octanol–water partition coefficient (Wildman–Crippen LogP) is 0.486. The van der Waals surface area contributed by atoms with Crippen molar-refractivity contribution in [1.29, 1.82) is 0 Å². The highest BCUT2D eigenvalue weighted by Gasteiger charge is 2.19. The number of hydrogen-bond acceptors (Lipinski definition) is 5. The van der Waals surface area contributed by atoms with E-state index in [1.54, 1.807) is 25.6 Å². The fourth-order valence-electron chi connectivity index (χ4n) is 1.50. The maximum atomic E-state index is 11.7. The van der Waals surface area contributed by atoms with E-state index in [9.17, 15) is 4.79 Å². The van der Waals surface area contributed by atoms with E-state index in [1.165, 1.54) is 17.2 Å². The van der Waals surface area contributed by atoms with Crippen LogP contribution in [0.15, 0.2) is 12.5 Å². The van der Waals surface area contributed by atoms with E-state index in [2.05, 4.69) is 15.2 Å². The second-order valence-electron chi connectivity index (χ2n) is 3.46. The van der Waals surface area contributed by atoms with Crippen molar-refractivity contribution in [2.75, 3.05) is 6.61 Å². The Kier molecular flexibility index (Phi) is 2.90. The summed E-state index contributed by atoms with van der Waals surface area (Å²) in [5, 5.41) is 8.19. The molecule has 0 N–H and O–H groups in total. The Morgan fingerprint density at radius 3 is 2.88 bits per heavy atom. The third kappa shape index (κ3) is 2.03. The minimum absolute atomic E-state index is 0.323. The number of carbonyl (C=O) groups is 1. The molecule has 0 aromatic carbocycles. The second kappa shape index (κ2) is 4.36. The number of rotatable bonds is 3. The molecular formula is C10H13N5O2. The zero-order chi connectivity index (χ0) is 12.4. The molecule has 0 bridgehead atoms. The number of nitrogens with zero attached hydrogens (tertiary/aromatic N) is 5. The molecule has 0 radical (unpaired) electrons. The molecule has 2 heterocycles. The van der Waals surface area contributed by atoms with Crippen LogP contribution < -0.4 is 0 Å². The summed E-state index contributed by atoms with van der Waals surface area (Å²) in [7, 11) is 1.73. The third-order valence-corrected chi connectivity index (χ3v) is 2.23. The molecule has 0 atom stereocenters. The third-order valence-electron chi connectivity index (χ3n) is 2.23. The van der Waals surface area contributed by atoms with Crippen LogP contribution in [0, 0.1) is 6.92 Å². The molecule has 2 aromatic heterocycles. The van der Waals surface area contributed by atoms with E-state index < -0.39 is 5.97 Å². The highest BCUT2D eigenvalue weighted by atomic mass is 16.5. The van der Waals surface area contributed by atoms with E-state index in [1.807, 2.05) is 0 Å². The highest BCUT2D eigenvalue weighted by molar-refractivity contribution is 5.92. The minimum Gasteiger partial charge on any atom is -0.462 e. The molecule has 0 saturated carbocycles. The molecule has 0 aliphatic carbocycles. The van der Waals surface area contributed by atoms with Crippen LogP contribution in [0.4, 0.5) is 0 Å². The van der Waals surface area contributed by atoms with E-state index in [0.717, 1.165) is 0 Å². The van der Waals surface area contributed by atoms with Gasteiger partial charge in [-0.1, -0.05) is 0 Å². The lowest BCUT2D eigenvalue weighted by molar-refractivity contribution is 0.0526.